The normalized spacial score (nSPS) is 10.2. The third kappa shape index (κ3) is 2.60. The zero-order valence-electron chi connectivity index (χ0n) is 11.0. The van der Waals surface area contributed by atoms with E-state index in [1.807, 2.05) is 12.1 Å². The summed E-state index contributed by atoms with van der Waals surface area (Å²) in [6, 6.07) is 8.87. The highest BCUT2D eigenvalue weighted by atomic mass is 16.5. The van der Waals surface area contributed by atoms with Crippen molar-refractivity contribution in [1.29, 1.82) is 0 Å². The zero-order valence-corrected chi connectivity index (χ0v) is 11.0. The van der Waals surface area contributed by atoms with Crippen LogP contribution in [0.3, 0.4) is 0 Å². The third-order valence-corrected chi connectivity index (χ3v) is 2.94. The van der Waals surface area contributed by atoms with Crippen LogP contribution < -0.4 is 0 Å². The van der Waals surface area contributed by atoms with E-state index < -0.39 is 5.97 Å². The molecule has 5 nitrogen and oxygen atoms in total. The van der Waals surface area contributed by atoms with Gasteiger partial charge < -0.3 is 9.72 Å². The molecule has 0 saturated heterocycles. The van der Waals surface area contributed by atoms with Gasteiger partial charge in [-0.3, -0.25) is 4.98 Å². The number of carbonyl (C=O) groups is 1. The minimum atomic E-state index is -0.452. The van der Waals surface area contributed by atoms with Gasteiger partial charge in [-0.15, -0.1) is 6.42 Å². The van der Waals surface area contributed by atoms with Crippen LogP contribution >= 0.6 is 0 Å². The van der Waals surface area contributed by atoms with Crippen LogP contribution in [-0.4, -0.2) is 27.5 Å². The molecule has 0 unspecified atom stereocenters. The minimum absolute atomic E-state index is 0.0409. The van der Waals surface area contributed by atoms with Crippen LogP contribution in [0.15, 0.2) is 42.7 Å². The standard InChI is InChI=1S/C16H11N3O2/c1-2-8-21-16(20)11-5-6-13-14(9-11)19-15(18-13)12-4-3-7-17-10-12/h1,3-7,9-10H,8H2,(H,18,19). The smallest absolute Gasteiger partial charge is 0.339 e. The number of fused-ring (bicyclic) bond motifs is 1. The van der Waals surface area contributed by atoms with Gasteiger partial charge in [-0.2, -0.15) is 0 Å². The van der Waals surface area contributed by atoms with Crippen LogP contribution in [0.4, 0.5) is 0 Å². The van der Waals surface area contributed by atoms with Gasteiger partial charge in [-0.1, -0.05) is 5.92 Å². The molecule has 1 aromatic carbocycles. The molecule has 2 heterocycles. The number of hydrogen-bond donors (Lipinski definition) is 1. The van der Waals surface area contributed by atoms with Crippen molar-refractivity contribution in [3.05, 3.63) is 48.3 Å². The number of aromatic nitrogens is 3. The Labute approximate surface area is 121 Å². The Morgan fingerprint density at radius 1 is 1.38 bits per heavy atom. The number of H-pyrrole nitrogens is 1. The maximum Gasteiger partial charge on any atom is 0.339 e. The summed E-state index contributed by atoms with van der Waals surface area (Å²) in [6.07, 6.45) is 8.49. The molecule has 0 amide bonds. The third-order valence-electron chi connectivity index (χ3n) is 2.94. The quantitative estimate of drug-likeness (QED) is 0.589. The summed E-state index contributed by atoms with van der Waals surface area (Å²) >= 11 is 0. The highest BCUT2D eigenvalue weighted by Crippen LogP contribution is 2.20. The van der Waals surface area contributed by atoms with Crippen LogP contribution in [-0.2, 0) is 4.74 Å². The van der Waals surface area contributed by atoms with E-state index in [4.69, 9.17) is 11.2 Å². The van der Waals surface area contributed by atoms with Gasteiger partial charge >= 0.3 is 5.97 Å². The van der Waals surface area contributed by atoms with Gasteiger partial charge in [0.2, 0.25) is 0 Å². The Morgan fingerprint density at radius 3 is 3.05 bits per heavy atom. The first-order valence-corrected chi connectivity index (χ1v) is 6.28. The van der Waals surface area contributed by atoms with E-state index in [1.165, 1.54) is 0 Å². The number of rotatable bonds is 3. The molecule has 0 aliphatic heterocycles. The summed E-state index contributed by atoms with van der Waals surface area (Å²) in [5.74, 6) is 2.51. The van der Waals surface area contributed by atoms with Crippen molar-refractivity contribution >= 4 is 17.0 Å². The number of imidazole rings is 1. The fourth-order valence-corrected chi connectivity index (χ4v) is 1.97. The molecule has 21 heavy (non-hydrogen) atoms. The van der Waals surface area contributed by atoms with Gasteiger partial charge in [0.15, 0.2) is 6.61 Å². The van der Waals surface area contributed by atoms with Crippen LogP contribution in [0, 0.1) is 12.3 Å². The van der Waals surface area contributed by atoms with E-state index in [0.29, 0.717) is 11.4 Å². The lowest BCUT2D eigenvalue weighted by molar-refractivity contribution is 0.0557. The molecule has 0 atom stereocenters. The molecule has 2 aromatic heterocycles. The number of esters is 1. The molecular formula is C16H11N3O2. The lowest BCUT2D eigenvalue weighted by atomic mass is 10.2. The number of benzene rings is 1. The second-order valence-corrected chi connectivity index (χ2v) is 4.34. The predicted octanol–water partition coefficient (Wildman–Crippen LogP) is 2.41. The molecule has 5 heteroatoms. The molecule has 0 aliphatic carbocycles. The highest BCUT2D eigenvalue weighted by Gasteiger charge is 2.10. The molecule has 102 valence electrons. The summed E-state index contributed by atoms with van der Waals surface area (Å²) in [7, 11) is 0. The molecule has 0 radical (unpaired) electrons. The minimum Gasteiger partial charge on any atom is -0.449 e. The van der Waals surface area contributed by atoms with Crippen LogP contribution in [0.1, 0.15) is 10.4 Å². The summed E-state index contributed by atoms with van der Waals surface area (Å²) in [6.45, 7) is -0.0409. The number of pyridine rings is 1. The highest BCUT2D eigenvalue weighted by molar-refractivity contribution is 5.94. The second-order valence-electron chi connectivity index (χ2n) is 4.34. The van der Waals surface area contributed by atoms with Gasteiger partial charge in [-0.05, 0) is 30.3 Å². The number of nitrogens with one attached hydrogen (secondary N) is 1. The van der Waals surface area contributed by atoms with Gasteiger partial charge in [-0.25, -0.2) is 9.78 Å². The molecule has 3 rings (SSSR count). The summed E-state index contributed by atoms with van der Waals surface area (Å²) in [4.78, 5) is 23.4. The van der Waals surface area contributed by atoms with E-state index in [-0.39, 0.29) is 6.61 Å². The Bertz CT molecular complexity index is 832. The maximum absolute atomic E-state index is 11.8. The first-order chi connectivity index (χ1) is 10.3. The molecule has 0 saturated carbocycles. The SMILES string of the molecule is C#CCOC(=O)c1ccc2nc(-c3cccnc3)[nH]c2c1. The monoisotopic (exact) mass is 277 g/mol. The van der Waals surface area contributed by atoms with Crippen molar-refractivity contribution in [2.75, 3.05) is 6.61 Å². The van der Waals surface area contributed by atoms with Gasteiger partial charge in [0.05, 0.1) is 16.6 Å². The number of aromatic amines is 1. The van der Waals surface area contributed by atoms with Gasteiger partial charge in [0.1, 0.15) is 5.82 Å². The largest absolute Gasteiger partial charge is 0.449 e. The van der Waals surface area contributed by atoms with E-state index in [0.717, 1.165) is 16.6 Å². The van der Waals surface area contributed by atoms with Crippen molar-refractivity contribution in [2.45, 2.75) is 0 Å². The average molecular weight is 277 g/mol. The zero-order chi connectivity index (χ0) is 14.7. The molecule has 0 aliphatic rings. The number of hydrogen-bond acceptors (Lipinski definition) is 4. The Morgan fingerprint density at radius 2 is 2.29 bits per heavy atom. The van der Waals surface area contributed by atoms with Gasteiger partial charge in [0, 0.05) is 18.0 Å². The van der Waals surface area contributed by atoms with Gasteiger partial charge in [0.25, 0.3) is 0 Å². The number of terminal acetylenes is 1. The Balaban J connectivity index is 1.96. The van der Waals surface area contributed by atoms with E-state index in [1.54, 1.807) is 30.6 Å². The number of carbonyl (C=O) groups excluding carboxylic acids is 1. The van der Waals surface area contributed by atoms with Crippen LogP contribution in [0.2, 0.25) is 0 Å². The van der Waals surface area contributed by atoms with E-state index in [2.05, 4.69) is 20.9 Å². The fourth-order valence-electron chi connectivity index (χ4n) is 1.97. The fraction of sp³-hybridized carbons (Fsp3) is 0.0625. The first kappa shape index (κ1) is 12.9. The van der Waals surface area contributed by atoms with Crippen molar-refractivity contribution in [3.8, 4) is 23.7 Å². The number of nitrogens with zero attached hydrogens (tertiary/aromatic N) is 2. The maximum atomic E-state index is 11.8. The molecule has 0 fully saturated rings. The molecule has 0 bridgehead atoms. The Hall–Kier alpha value is -3.13. The van der Waals surface area contributed by atoms with E-state index >= 15 is 0 Å². The second kappa shape index (κ2) is 5.47. The topological polar surface area (TPSA) is 67.9 Å². The van der Waals surface area contributed by atoms with E-state index in [9.17, 15) is 4.79 Å². The molecule has 0 spiro atoms. The lowest BCUT2D eigenvalue weighted by Gasteiger charge is -2.00. The van der Waals surface area contributed by atoms with Crippen molar-refractivity contribution in [2.24, 2.45) is 0 Å². The van der Waals surface area contributed by atoms with Crippen LogP contribution in [0.5, 0.6) is 0 Å². The number of ether oxygens (including phenoxy) is 1. The molecule has 1 N–H and O–H groups in total. The van der Waals surface area contributed by atoms with Crippen LogP contribution in [0.25, 0.3) is 22.4 Å². The summed E-state index contributed by atoms with van der Waals surface area (Å²) in [5.41, 5.74) is 2.83. The molecule has 3 aromatic rings. The molecular weight excluding hydrogens is 266 g/mol. The lowest BCUT2D eigenvalue weighted by Crippen LogP contribution is -2.04. The Kier molecular flexibility index (Phi) is 3.36. The van der Waals surface area contributed by atoms with Crippen molar-refractivity contribution in [1.82, 2.24) is 15.0 Å². The van der Waals surface area contributed by atoms with Crippen molar-refractivity contribution in [3.63, 3.8) is 0 Å². The van der Waals surface area contributed by atoms with Crippen molar-refractivity contribution < 1.29 is 9.53 Å². The average Bonchev–Trinajstić information content (AvgIpc) is 2.96. The first-order valence-electron chi connectivity index (χ1n) is 6.28. The summed E-state index contributed by atoms with van der Waals surface area (Å²) in [5, 5.41) is 0. The summed E-state index contributed by atoms with van der Waals surface area (Å²) < 4.78 is 4.90. The predicted molar refractivity (Wildman–Crippen MR) is 78.4 cm³/mol.